The number of carbonyl (C=O) groups is 1. The summed E-state index contributed by atoms with van der Waals surface area (Å²) in [4.78, 5) is 33.6. The van der Waals surface area contributed by atoms with Crippen LogP contribution in [-0.2, 0) is 12.8 Å². The third-order valence-electron chi connectivity index (χ3n) is 5.14. The van der Waals surface area contributed by atoms with Crippen LogP contribution in [0.1, 0.15) is 21.9 Å². The zero-order valence-corrected chi connectivity index (χ0v) is 20.6. The van der Waals surface area contributed by atoms with Crippen LogP contribution in [0, 0.1) is 20.2 Å². The molecule has 0 bridgehead atoms. The van der Waals surface area contributed by atoms with Gasteiger partial charge in [-0.15, -0.1) is 0 Å². The molecule has 4 aromatic rings. The number of alkyl halides is 3. The van der Waals surface area contributed by atoms with Crippen LogP contribution in [-0.4, -0.2) is 15.8 Å². The number of nitrogens with zero attached hydrogens (tertiary/aromatic N) is 2. The summed E-state index contributed by atoms with van der Waals surface area (Å²) < 4.78 is 55.3. The molecular formula is C25H15ClF3N3O8. The summed E-state index contributed by atoms with van der Waals surface area (Å²) in [6, 6.07) is 13.4. The minimum absolute atomic E-state index is 0.0168. The van der Waals surface area contributed by atoms with E-state index in [1.54, 1.807) is 0 Å². The summed E-state index contributed by atoms with van der Waals surface area (Å²) in [5.41, 5.74) is -1.82. The molecule has 206 valence electrons. The number of nitrogens with one attached hydrogen (secondary N) is 1. The van der Waals surface area contributed by atoms with Crippen LogP contribution in [0.5, 0.6) is 17.2 Å². The van der Waals surface area contributed by atoms with Gasteiger partial charge < -0.3 is 19.2 Å². The lowest BCUT2D eigenvalue weighted by Crippen LogP contribution is -2.11. The van der Waals surface area contributed by atoms with E-state index in [2.05, 4.69) is 5.32 Å². The fraction of sp³-hybridized carbons (Fsp3) is 0.0800. The minimum Gasteiger partial charge on any atom is -0.484 e. The minimum atomic E-state index is -4.63. The summed E-state index contributed by atoms with van der Waals surface area (Å²) >= 11 is 5.99. The lowest BCUT2D eigenvalue weighted by molar-refractivity contribution is -0.385. The molecule has 1 aromatic heterocycles. The first kappa shape index (κ1) is 27.9. The van der Waals surface area contributed by atoms with Gasteiger partial charge in [-0.1, -0.05) is 17.7 Å². The number of amides is 1. The van der Waals surface area contributed by atoms with E-state index >= 15 is 0 Å². The van der Waals surface area contributed by atoms with Crippen molar-refractivity contribution < 1.29 is 41.7 Å². The SMILES string of the molecule is O=C(Nc1cc(Oc2cccc(C(F)(F)F)c2)cc([N+](=O)[O-])c1)c1ccc(COc2cc([N+](=O)[O-])ccc2Cl)o1. The second kappa shape index (κ2) is 11.3. The summed E-state index contributed by atoms with van der Waals surface area (Å²) in [6.07, 6.45) is -4.63. The van der Waals surface area contributed by atoms with Crippen molar-refractivity contribution in [3.8, 4) is 17.2 Å². The van der Waals surface area contributed by atoms with Gasteiger partial charge in [0.25, 0.3) is 17.3 Å². The Morgan fingerprint density at radius 3 is 2.38 bits per heavy atom. The third kappa shape index (κ3) is 6.85. The highest BCUT2D eigenvalue weighted by molar-refractivity contribution is 6.32. The number of hydrogen-bond donors (Lipinski definition) is 1. The largest absolute Gasteiger partial charge is 0.484 e. The molecule has 3 aromatic carbocycles. The lowest BCUT2D eigenvalue weighted by Gasteiger charge is -2.11. The lowest BCUT2D eigenvalue weighted by atomic mass is 10.2. The molecule has 0 saturated carbocycles. The summed E-state index contributed by atoms with van der Waals surface area (Å²) in [7, 11) is 0. The highest BCUT2D eigenvalue weighted by Crippen LogP contribution is 2.35. The van der Waals surface area contributed by atoms with E-state index in [0.29, 0.717) is 0 Å². The van der Waals surface area contributed by atoms with Gasteiger partial charge in [0, 0.05) is 18.2 Å². The molecular weight excluding hydrogens is 563 g/mol. The van der Waals surface area contributed by atoms with Gasteiger partial charge in [-0.25, -0.2) is 0 Å². The first-order valence-electron chi connectivity index (χ1n) is 11.0. The van der Waals surface area contributed by atoms with Crippen LogP contribution in [0.2, 0.25) is 5.02 Å². The van der Waals surface area contributed by atoms with E-state index in [4.69, 9.17) is 25.5 Å². The highest BCUT2D eigenvalue weighted by Gasteiger charge is 2.30. The van der Waals surface area contributed by atoms with Crippen LogP contribution in [0.3, 0.4) is 0 Å². The Morgan fingerprint density at radius 1 is 0.925 bits per heavy atom. The van der Waals surface area contributed by atoms with Crippen LogP contribution < -0.4 is 14.8 Å². The number of benzene rings is 3. The van der Waals surface area contributed by atoms with Crippen molar-refractivity contribution >= 4 is 34.6 Å². The van der Waals surface area contributed by atoms with Crippen LogP contribution in [0.25, 0.3) is 0 Å². The van der Waals surface area contributed by atoms with Crippen LogP contribution in [0.15, 0.2) is 77.2 Å². The molecule has 40 heavy (non-hydrogen) atoms. The maximum atomic E-state index is 13.0. The van der Waals surface area contributed by atoms with Crippen molar-refractivity contribution in [1.82, 2.24) is 0 Å². The average Bonchev–Trinajstić information content (AvgIpc) is 3.37. The average molecular weight is 578 g/mol. The maximum absolute atomic E-state index is 13.0. The Kier molecular flexibility index (Phi) is 7.90. The number of non-ortho nitro benzene ring substituents is 2. The Morgan fingerprint density at radius 2 is 1.68 bits per heavy atom. The van der Waals surface area contributed by atoms with Gasteiger partial charge in [0.1, 0.15) is 29.6 Å². The molecule has 0 aliphatic heterocycles. The molecule has 0 aliphatic rings. The molecule has 1 amide bonds. The van der Waals surface area contributed by atoms with Crippen molar-refractivity contribution in [3.63, 3.8) is 0 Å². The van der Waals surface area contributed by atoms with Gasteiger partial charge in [-0.3, -0.25) is 25.0 Å². The molecule has 0 saturated heterocycles. The standard InChI is InChI=1S/C25H15ClF3N3O8/c26-21-6-4-16(31(34)35)12-23(21)38-13-19-5-7-22(40-19)24(33)30-15-9-17(32(36)37)11-20(10-15)39-18-3-1-2-14(8-18)25(27,28)29/h1-12H,13H2,(H,30,33). The number of rotatable bonds is 9. The van der Waals surface area contributed by atoms with Gasteiger partial charge in [0.2, 0.25) is 0 Å². The number of anilines is 1. The molecule has 4 rings (SSSR count). The second-order valence-electron chi connectivity index (χ2n) is 7.98. The van der Waals surface area contributed by atoms with E-state index in [0.717, 1.165) is 36.4 Å². The molecule has 0 atom stereocenters. The molecule has 0 unspecified atom stereocenters. The molecule has 1 heterocycles. The maximum Gasteiger partial charge on any atom is 0.416 e. The molecule has 11 nitrogen and oxygen atoms in total. The smallest absolute Gasteiger partial charge is 0.416 e. The molecule has 15 heteroatoms. The number of nitro groups is 2. The molecule has 0 aliphatic carbocycles. The van der Waals surface area contributed by atoms with E-state index in [9.17, 15) is 38.2 Å². The van der Waals surface area contributed by atoms with Gasteiger partial charge in [0.15, 0.2) is 5.76 Å². The predicted molar refractivity (Wildman–Crippen MR) is 134 cm³/mol. The summed E-state index contributed by atoms with van der Waals surface area (Å²) in [6.45, 7) is -0.236. The van der Waals surface area contributed by atoms with E-state index in [1.165, 1.54) is 36.4 Å². The number of carbonyl (C=O) groups excluding carboxylic acids is 1. The Bertz CT molecular complexity index is 1610. The summed E-state index contributed by atoms with van der Waals surface area (Å²) in [5, 5.41) is 24.8. The number of furan rings is 1. The molecule has 0 spiro atoms. The summed E-state index contributed by atoms with van der Waals surface area (Å²) in [5.74, 6) is -1.29. The zero-order chi connectivity index (χ0) is 29.0. The van der Waals surface area contributed by atoms with Gasteiger partial charge in [-0.2, -0.15) is 13.2 Å². The fourth-order valence-corrected chi connectivity index (χ4v) is 3.50. The first-order chi connectivity index (χ1) is 18.9. The number of halogens is 4. The number of hydrogen-bond acceptors (Lipinski definition) is 8. The second-order valence-corrected chi connectivity index (χ2v) is 8.39. The number of ether oxygens (including phenoxy) is 2. The molecule has 0 fully saturated rings. The third-order valence-corrected chi connectivity index (χ3v) is 5.45. The highest BCUT2D eigenvalue weighted by atomic mass is 35.5. The van der Waals surface area contributed by atoms with Gasteiger partial charge in [-0.05, 0) is 36.4 Å². The molecule has 1 N–H and O–H groups in total. The van der Waals surface area contributed by atoms with Crippen molar-refractivity contribution in [2.45, 2.75) is 12.8 Å². The van der Waals surface area contributed by atoms with E-state index in [-0.39, 0.29) is 51.8 Å². The van der Waals surface area contributed by atoms with Crippen LogP contribution in [0.4, 0.5) is 30.2 Å². The van der Waals surface area contributed by atoms with Crippen LogP contribution >= 0.6 is 11.6 Å². The van der Waals surface area contributed by atoms with Crippen molar-refractivity contribution in [2.24, 2.45) is 0 Å². The quantitative estimate of drug-likeness (QED) is 0.160. The van der Waals surface area contributed by atoms with Crippen molar-refractivity contribution in [3.05, 3.63) is 115 Å². The topological polar surface area (TPSA) is 147 Å². The number of nitro benzene ring substituents is 2. The fourth-order valence-electron chi connectivity index (χ4n) is 3.33. The Hall–Kier alpha value is -5.11. The van der Waals surface area contributed by atoms with E-state index < -0.39 is 33.2 Å². The molecule has 0 radical (unpaired) electrons. The van der Waals surface area contributed by atoms with Gasteiger partial charge in [0.05, 0.1) is 38.3 Å². The predicted octanol–water partition coefficient (Wildman–Crippen LogP) is 7.39. The monoisotopic (exact) mass is 577 g/mol. The van der Waals surface area contributed by atoms with Gasteiger partial charge >= 0.3 is 6.18 Å². The normalized spacial score (nSPS) is 11.1. The Labute approximate surface area is 227 Å². The van der Waals surface area contributed by atoms with E-state index in [1.807, 2.05) is 0 Å². The van der Waals surface area contributed by atoms with Crippen molar-refractivity contribution in [2.75, 3.05) is 5.32 Å². The Balaban J connectivity index is 1.48. The van der Waals surface area contributed by atoms with Crippen molar-refractivity contribution in [1.29, 1.82) is 0 Å². The zero-order valence-electron chi connectivity index (χ0n) is 19.8. The first-order valence-corrected chi connectivity index (χ1v) is 11.4.